The molecule has 1 aliphatic carbocycles. The molecule has 19 heavy (non-hydrogen) atoms. The minimum Gasteiger partial charge on any atom is -0.344 e. The van der Waals surface area contributed by atoms with Gasteiger partial charge >= 0.3 is 0 Å². The van der Waals surface area contributed by atoms with Crippen molar-refractivity contribution in [2.24, 2.45) is 0 Å². The van der Waals surface area contributed by atoms with Gasteiger partial charge in [-0.15, -0.1) is 6.58 Å². The number of hydrogen-bond acceptors (Lipinski definition) is 0. The summed E-state index contributed by atoms with van der Waals surface area (Å²) >= 11 is 0. The SMILES string of the molecule is C=CCc1cc2c3c(c1)c1c(n3CCC2)CCCC1. The Morgan fingerprint density at radius 3 is 2.89 bits per heavy atom. The summed E-state index contributed by atoms with van der Waals surface area (Å²) in [4.78, 5) is 0. The Morgan fingerprint density at radius 2 is 2.00 bits per heavy atom. The minimum atomic E-state index is 1.00. The number of aryl methyl sites for hydroxylation is 3. The van der Waals surface area contributed by atoms with Crippen LogP contribution in [0.25, 0.3) is 10.9 Å². The molecule has 2 heterocycles. The quantitative estimate of drug-likeness (QED) is 0.705. The molecule has 0 unspecified atom stereocenters. The predicted molar refractivity (Wildman–Crippen MR) is 80.8 cm³/mol. The number of aromatic nitrogens is 1. The second-order valence-corrected chi connectivity index (χ2v) is 6.03. The number of allylic oxidation sites excluding steroid dienone is 1. The van der Waals surface area contributed by atoms with E-state index in [1.807, 2.05) is 6.08 Å². The van der Waals surface area contributed by atoms with Gasteiger partial charge in [-0.2, -0.15) is 0 Å². The van der Waals surface area contributed by atoms with Crippen molar-refractivity contribution in [1.82, 2.24) is 4.57 Å². The molecule has 0 bridgehead atoms. The molecule has 0 saturated heterocycles. The number of rotatable bonds is 2. The van der Waals surface area contributed by atoms with E-state index in [2.05, 4.69) is 23.3 Å². The first-order valence-electron chi connectivity index (χ1n) is 7.65. The van der Waals surface area contributed by atoms with Gasteiger partial charge < -0.3 is 4.57 Å². The van der Waals surface area contributed by atoms with E-state index in [-0.39, 0.29) is 0 Å². The predicted octanol–water partition coefficient (Wildman–Crippen LogP) is 4.19. The Kier molecular flexibility index (Phi) is 2.54. The lowest BCUT2D eigenvalue weighted by molar-refractivity contribution is 0.577. The summed E-state index contributed by atoms with van der Waals surface area (Å²) < 4.78 is 2.64. The van der Waals surface area contributed by atoms with Gasteiger partial charge in [-0.25, -0.2) is 0 Å². The van der Waals surface area contributed by atoms with Crippen LogP contribution in [0.2, 0.25) is 0 Å². The van der Waals surface area contributed by atoms with Crippen molar-refractivity contribution in [3.05, 3.63) is 47.2 Å². The molecule has 1 heteroatoms. The molecule has 1 aromatic carbocycles. The molecule has 2 aromatic rings. The number of fused-ring (bicyclic) bond motifs is 3. The van der Waals surface area contributed by atoms with E-state index in [0.29, 0.717) is 0 Å². The fourth-order valence-electron chi connectivity index (χ4n) is 4.07. The van der Waals surface area contributed by atoms with Crippen molar-refractivity contribution in [1.29, 1.82) is 0 Å². The molecular formula is C18H21N. The number of nitrogens with zero attached hydrogens (tertiary/aromatic N) is 1. The Labute approximate surface area is 114 Å². The molecule has 1 nitrogen and oxygen atoms in total. The van der Waals surface area contributed by atoms with Crippen LogP contribution in [0.15, 0.2) is 24.8 Å². The highest BCUT2D eigenvalue weighted by Gasteiger charge is 2.24. The fraction of sp³-hybridized carbons (Fsp3) is 0.444. The minimum absolute atomic E-state index is 1.00. The van der Waals surface area contributed by atoms with Crippen molar-refractivity contribution in [3.8, 4) is 0 Å². The lowest BCUT2D eigenvalue weighted by atomic mass is 9.93. The van der Waals surface area contributed by atoms with Crippen LogP contribution >= 0.6 is 0 Å². The third-order valence-electron chi connectivity index (χ3n) is 4.82. The number of hydrogen-bond donors (Lipinski definition) is 0. The monoisotopic (exact) mass is 251 g/mol. The van der Waals surface area contributed by atoms with E-state index in [4.69, 9.17) is 0 Å². The molecule has 0 N–H and O–H groups in total. The van der Waals surface area contributed by atoms with E-state index in [1.54, 1.807) is 27.7 Å². The second kappa shape index (κ2) is 4.26. The van der Waals surface area contributed by atoms with Crippen molar-refractivity contribution >= 4 is 10.9 Å². The van der Waals surface area contributed by atoms with Crippen LogP contribution in [0.4, 0.5) is 0 Å². The fourth-order valence-corrected chi connectivity index (χ4v) is 4.07. The molecule has 0 fully saturated rings. The first-order valence-corrected chi connectivity index (χ1v) is 7.65. The average molecular weight is 251 g/mol. The van der Waals surface area contributed by atoms with Crippen LogP contribution in [0, 0.1) is 0 Å². The molecular weight excluding hydrogens is 230 g/mol. The third kappa shape index (κ3) is 1.60. The summed E-state index contributed by atoms with van der Waals surface area (Å²) in [5.41, 5.74) is 7.90. The molecule has 2 aliphatic rings. The Morgan fingerprint density at radius 1 is 1.11 bits per heavy atom. The topological polar surface area (TPSA) is 4.93 Å². The van der Waals surface area contributed by atoms with Gasteiger partial charge in [0.2, 0.25) is 0 Å². The molecule has 4 rings (SSSR count). The zero-order chi connectivity index (χ0) is 12.8. The van der Waals surface area contributed by atoms with Gasteiger partial charge in [0.25, 0.3) is 0 Å². The van der Waals surface area contributed by atoms with E-state index < -0.39 is 0 Å². The highest BCUT2D eigenvalue weighted by Crippen LogP contribution is 2.37. The largest absolute Gasteiger partial charge is 0.344 e. The van der Waals surface area contributed by atoms with Crippen LogP contribution in [0.5, 0.6) is 0 Å². The average Bonchev–Trinajstić information content (AvgIpc) is 2.77. The van der Waals surface area contributed by atoms with Gasteiger partial charge in [0.15, 0.2) is 0 Å². The first kappa shape index (κ1) is 11.3. The van der Waals surface area contributed by atoms with Gasteiger partial charge in [0, 0.05) is 17.6 Å². The highest BCUT2D eigenvalue weighted by molar-refractivity contribution is 5.89. The normalized spacial score (nSPS) is 17.5. The summed E-state index contributed by atoms with van der Waals surface area (Å²) in [6, 6.07) is 4.86. The maximum atomic E-state index is 3.89. The van der Waals surface area contributed by atoms with Crippen LogP contribution in [-0.2, 0) is 32.2 Å². The van der Waals surface area contributed by atoms with Gasteiger partial charge in [-0.3, -0.25) is 0 Å². The number of benzene rings is 1. The van der Waals surface area contributed by atoms with E-state index >= 15 is 0 Å². The molecule has 0 radical (unpaired) electrons. The van der Waals surface area contributed by atoms with Crippen LogP contribution in [0.3, 0.4) is 0 Å². The standard InChI is InChI=1S/C18H21N/c1-2-6-13-11-14-7-5-10-19-17-9-4-3-8-15(17)16(12-13)18(14)19/h2,11-12H,1,3-10H2. The molecule has 0 amide bonds. The summed E-state index contributed by atoms with van der Waals surface area (Å²) in [5.74, 6) is 0. The summed E-state index contributed by atoms with van der Waals surface area (Å²) in [6.45, 7) is 5.13. The second-order valence-electron chi connectivity index (χ2n) is 6.03. The van der Waals surface area contributed by atoms with Gasteiger partial charge in [-0.1, -0.05) is 12.1 Å². The lowest BCUT2D eigenvalue weighted by Gasteiger charge is -2.19. The van der Waals surface area contributed by atoms with Crippen molar-refractivity contribution in [2.45, 2.75) is 51.5 Å². The zero-order valence-electron chi connectivity index (χ0n) is 11.5. The Balaban J connectivity index is 2.05. The molecule has 0 saturated carbocycles. The molecule has 0 spiro atoms. The van der Waals surface area contributed by atoms with E-state index in [9.17, 15) is 0 Å². The van der Waals surface area contributed by atoms with Gasteiger partial charge in [0.05, 0.1) is 5.52 Å². The Hall–Kier alpha value is -1.50. The van der Waals surface area contributed by atoms with Gasteiger partial charge in [-0.05, 0) is 67.7 Å². The summed E-state index contributed by atoms with van der Waals surface area (Å²) in [6.07, 6.45) is 10.9. The maximum absolute atomic E-state index is 3.89. The van der Waals surface area contributed by atoms with Crippen LogP contribution < -0.4 is 0 Å². The molecule has 1 aliphatic heterocycles. The van der Waals surface area contributed by atoms with Gasteiger partial charge in [0.1, 0.15) is 0 Å². The third-order valence-corrected chi connectivity index (χ3v) is 4.82. The Bertz CT molecular complexity index is 660. The lowest BCUT2D eigenvalue weighted by Crippen LogP contribution is -2.12. The summed E-state index contributed by atoms with van der Waals surface area (Å²) in [7, 11) is 0. The summed E-state index contributed by atoms with van der Waals surface area (Å²) in [5, 5.41) is 1.56. The van der Waals surface area contributed by atoms with E-state index in [1.165, 1.54) is 50.6 Å². The van der Waals surface area contributed by atoms with Crippen molar-refractivity contribution in [3.63, 3.8) is 0 Å². The maximum Gasteiger partial charge on any atom is 0.0518 e. The smallest absolute Gasteiger partial charge is 0.0518 e. The van der Waals surface area contributed by atoms with Crippen LogP contribution in [0.1, 0.15) is 41.6 Å². The molecule has 1 aromatic heterocycles. The molecule has 0 atom stereocenters. The first-order chi connectivity index (χ1) is 9.38. The van der Waals surface area contributed by atoms with E-state index in [0.717, 1.165) is 6.42 Å². The van der Waals surface area contributed by atoms with Crippen LogP contribution in [-0.4, -0.2) is 4.57 Å². The highest BCUT2D eigenvalue weighted by atomic mass is 15.0. The molecule has 98 valence electrons. The zero-order valence-corrected chi connectivity index (χ0v) is 11.5. The van der Waals surface area contributed by atoms with Crippen molar-refractivity contribution in [2.75, 3.05) is 0 Å². The van der Waals surface area contributed by atoms with Crippen molar-refractivity contribution < 1.29 is 0 Å².